The molecule has 1 saturated heterocycles. The van der Waals surface area contributed by atoms with Crippen LogP contribution in [0.1, 0.15) is 24.2 Å². The Labute approximate surface area is 123 Å². The number of carboxylic acid groups (broad SMARTS) is 1. The Balaban J connectivity index is 1.88. The molecular formula is C14H20N2O3S. The summed E-state index contributed by atoms with van der Waals surface area (Å²) in [6.07, 6.45) is 1.71. The molecule has 20 heavy (non-hydrogen) atoms. The number of carboxylic acids is 1. The van der Waals surface area contributed by atoms with Gasteiger partial charge in [0.05, 0.1) is 23.3 Å². The molecule has 0 aliphatic carbocycles. The summed E-state index contributed by atoms with van der Waals surface area (Å²) in [5.74, 6) is -0.131. The molecule has 0 radical (unpaired) electrons. The van der Waals surface area contributed by atoms with E-state index in [9.17, 15) is 4.79 Å². The highest BCUT2D eigenvalue weighted by Crippen LogP contribution is 2.20. The summed E-state index contributed by atoms with van der Waals surface area (Å²) in [6, 6.07) is 3.64. The second-order valence-corrected chi connectivity index (χ2v) is 6.12. The minimum atomic E-state index is -0.922. The van der Waals surface area contributed by atoms with E-state index >= 15 is 0 Å². The monoisotopic (exact) mass is 296 g/mol. The number of nitrogens with zero attached hydrogens (tertiary/aromatic N) is 2. The molecule has 6 heteroatoms. The molecule has 110 valence electrons. The maximum atomic E-state index is 10.9. The summed E-state index contributed by atoms with van der Waals surface area (Å²) in [5, 5.41) is 9.69. The van der Waals surface area contributed by atoms with Crippen molar-refractivity contribution in [2.24, 2.45) is 0 Å². The highest BCUT2D eigenvalue weighted by molar-refractivity contribution is 7.99. The third-order valence-corrected chi connectivity index (χ3v) is 4.36. The van der Waals surface area contributed by atoms with E-state index in [1.807, 2.05) is 0 Å². The van der Waals surface area contributed by atoms with Crippen molar-refractivity contribution < 1.29 is 14.6 Å². The predicted octanol–water partition coefficient (Wildman–Crippen LogP) is 1.98. The molecule has 5 nitrogen and oxygen atoms in total. The van der Waals surface area contributed by atoms with E-state index in [1.165, 1.54) is 12.3 Å². The van der Waals surface area contributed by atoms with E-state index in [0.717, 1.165) is 30.5 Å². The number of morpholine rings is 1. The van der Waals surface area contributed by atoms with Crippen LogP contribution in [-0.2, 0) is 4.74 Å². The molecule has 0 spiro atoms. The number of ether oxygens (including phenoxy) is 1. The van der Waals surface area contributed by atoms with Crippen molar-refractivity contribution >= 4 is 17.7 Å². The fraction of sp³-hybridized carbons (Fsp3) is 0.571. The van der Waals surface area contributed by atoms with Gasteiger partial charge in [0.1, 0.15) is 0 Å². The van der Waals surface area contributed by atoms with E-state index in [0.29, 0.717) is 6.04 Å². The van der Waals surface area contributed by atoms with Gasteiger partial charge in [-0.2, -0.15) is 0 Å². The number of carbonyl (C=O) groups is 1. The average Bonchev–Trinajstić information content (AvgIpc) is 2.45. The molecule has 1 aromatic rings. The summed E-state index contributed by atoms with van der Waals surface area (Å²) in [7, 11) is 0. The van der Waals surface area contributed by atoms with Gasteiger partial charge in [-0.15, -0.1) is 11.8 Å². The molecule has 0 amide bonds. The summed E-state index contributed by atoms with van der Waals surface area (Å²) in [6.45, 7) is 7.03. The van der Waals surface area contributed by atoms with Crippen LogP contribution in [0, 0.1) is 0 Å². The van der Waals surface area contributed by atoms with Crippen LogP contribution in [0.4, 0.5) is 0 Å². The van der Waals surface area contributed by atoms with E-state index in [-0.39, 0.29) is 11.7 Å². The average molecular weight is 296 g/mol. The van der Waals surface area contributed by atoms with Gasteiger partial charge in [-0.3, -0.25) is 4.90 Å². The molecule has 0 bridgehead atoms. The zero-order valence-electron chi connectivity index (χ0n) is 11.8. The maximum Gasteiger partial charge on any atom is 0.335 e. The van der Waals surface area contributed by atoms with Gasteiger partial charge in [0.25, 0.3) is 0 Å². The predicted molar refractivity (Wildman–Crippen MR) is 78.4 cm³/mol. The summed E-state index contributed by atoms with van der Waals surface area (Å²) >= 11 is 1.55. The van der Waals surface area contributed by atoms with E-state index in [1.54, 1.807) is 17.8 Å². The zero-order chi connectivity index (χ0) is 14.5. The van der Waals surface area contributed by atoms with Crippen molar-refractivity contribution in [2.75, 3.05) is 25.4 Å². The van der Waals surface area contributed by atoms with Crippen LogP contribution in [0.5, 0.6) is 0 Å². The maximum absolute atomic E-state index is 10.9. The van der Waals surface area contributed by atoms with Crippen LogP contribution in [0.25, 0.3) is 0 Å². The van der Waals surface area contributed by atoms with Gasteiger partial charge in [-0.1, -0.05) is 0 Å². The Morgan fingerprint density at radius 3 is 3.15 bits per heavy atom. The van der Waals surface area contributed by atoms with Gasteiger partial charge in [0.15, 0.2) is 0 Å². The van der Waals surface area contributed by atoms with Crippen molar-refractivity contribution in [3.8, 4) is 0 Å². The smallest absolute Gasteiger partial charge is 0.335 e. The van der Waals surface area contributed by atoms with Gasteiger partial charge in [0, 0.05) is 31.1 Å². The molecule has 1 fully saturated rings. The lowest BCUT2D eigenvalue weighted by atomic mass is 10.2. The first-order valence-electron chi connectivity index (χ1n) is 6.74. The van der Waals surface area contributed by atoms with Crippen LogP contribution >= 0.6 is 11.8 Å². The van der Waals surface area contributed by atoms with Crippen molar-refractivity contribution in [1.82, 2.24) is 9.88 Å². The quantitative estimate of drug-likeness (QED) is 0.838. The van der Waals surface area contributed by atoms with Crippen molar-refractivity contribution in [3.05, 3.63) is 23.9 Å². The highest BCUT2D eigenvalue weighted by atomic mass is 32.2. The normalized spacial score (nSPS) is 20.2. The molecule has 1 aliphatic heterocycles. The first-order chi connectivity index (χ1) is 9.56. The minimum absolute atomic E-state index is 0.173. The zero-order valence-corrected chi connectivity index (χ0v) is 12.6. The van der Waals surface area contributed by atoms with E-state index < -0.39 is 5.97 Å². The first-order valence-corrected chi connectivity index (χ1v) is 7.72. The molecule has 0 aromatic carbocycles. The Morgan fingerprint density at radius 1 is 1.65 bits per heavy atom. The number of aromatic nitrogens is 1. The first kappa shape index (κ1) is 15.3. The largest absolute Gasteiger partial charge is 0.478 e. The van der Waals surface area contributed by atoms with Crippen molar-refractivity contribution in [1.29, 1.82) is 0 Å². The molecule has 1 aromatic heterocycles. The summed E-state index contributed by atoms with van der Waals surface area (Å²) in [4.78, 5) is 17.5. The number of aromatic carboxylic acids is 1. The minimum Gasteiger partial charge on any atom is -0.478 e. The van der Waals surface area contributed by atoms with Crippen LogP contribution in [0.2, 0.25) is 0 Å². The molecule has 0 saturated carbocycles. The Kier molecular flexibility index (Phi) is 5.39. The standard InChI is InChI=1S/C14H20N2O3S/c1-10(2)16-5-6-19-12(8-16)9-20-13-7-11(14(17)18)3-4-15-13/h3-4,7,10,12H,5-6,8-9H2,1-2H3,(H,17,18). The Morgan fingerprint density at radius 2 is 2.45 bits per heavy atom. The van der Waals surface area contributed by atoms with Gasteiger partial charge in [0.2, 0.25) is 0 Å². The highest BCUT2D eigenvalue weighted by Gasteiger charge is 2.22. The number of hydrogen-bond acceptors (Lipinski definition) is 5. The molecule has 2 heterocycles. The lowest BCUT2D eigenvalue weighted by Crippen LogP contribution is -2.46. The fourth-order valence-corrected chi connectivity index (χ4v) is 3.02. The van der Waals surface area contributed by atoms with Crippen LogP contribution in [0.15, 0.2) is 23.4 Å². The Bertz CT molecular complexity index is 467. The van der Waals surface area contributed by atoms with Crippen LogP contribution in [0.3, 0.4) is 0 Å². The van der Waals surface area contributed by atoms with E-state index in [2.05, 4.69) is 23.7 Å². The summed E-state index contributed by atoms with van der Waals surface area (Å²) in [5.41, 5.74) is 0.274. The number of thioether (sulfide) groups is 1. The third-order valence-electron chi connectivity index (χ3n) is 3.30. The van der Waals surface area contributed by atoms with Gasteiger partial charge in [-0.05, 0) is 26.0 Å². The molecular weight excluding hydrogens is 276 g/mol. The third kappa shape index (κ3) is 4.19. The number of hydrogen-bond donors (Lipinski definition) is 1. The van der Waals surface area contributed by atoms with E-state index in [4.69, 9.17) is 9.84 Å². The molecule has 2 rings (SSSR count). The molecule has 1 unspecified atom stereocenters. The molecule has 1 atom stereocenters. The SMILES string of the molecule is CC(C)N1CCOC(CSc2cc(C(=O)O)ccn2)C1. The van der Waals surface area contributed by atoms with Gasteiger partial charge >= 0.3 is 5.97 Å². The fourth-order valence-electron chi connectivity index (χ4n) is 2.11. The number of pyridine rings is 1. The lowest BCUT2D eigenvalue weighted by molar-refractivity contribution is -0.0265. The lowest BCUT2D eigenvalue weighted by Gasteiger charge is -2.35. The van der Waals surface area contributed by atoms with Gasteiger partial charge in [-0.25, -0.2) is 9.78 Å². The number of rotatable bonds is 5. The topological polar surface area (TPSA) is 62.7 Å². The van der Waals surface area contributed by atoms with Crippen molar-refractivity contribution in [3.63, 3.8) is 0 Å². The second kappa shape index (κ2) is 7.06. The summed E-state index contributed by atoms with van der Waals surface area (Å²) < 4.78 is 5.75. The second-order valence-electron chi connectivity index (χ2n) is 5.08. The van der Waals surface area contributed by atoms with Gasteiger partial charge < -0.3 is 9.84 Å². The van der Waals surface area contributed by atoms with Crippen LogP contribution < -0.4 is 0 Å². The Hall–Kier alpha value is -1.11. The molecule has 1 aliphatic rings. The van der Waals surface area contributed by atoms with Crippen molar-refractivity contribution in [2.45, 2.75) is 31.0 Å². The molecule has 1 N–H and O–H groups in total. The van der Waals surface area contributed by atoms with Crippen LogP contribution in [-0.4, -0.2) is 58.6 Å².